The van der Waals surface area contributed by atoms with E-state index in [4.69, 9.17) is 31.5 Å². The van der Waals surface area contributed by atoms with Gasteiger partial charge >= 0.3 is 0 Å². The van der Waals surface area contributed by atoms with E-state index in [2.05, 4.69) is 0 Å². The highest BCUT2D eigenvalue weighted by Crippen LogP contribution is 2.32. The van der Waals surface area contributed by atoms with Gasteiger partial charge in [-0.15, -0.1) is 0 Å². The maximum atomic E-state index is 13.8. The number of methoxy groups -OCH3 is 1. The molecule has 0 aromatic heterocycles. The van der Waals surface area contributed by atoms with Crippen LogP contribution >= 0.6 is 11.6 Å². The largest absolute Gasteiger partial charge is 0.496 e. The summed E-state index contributed by atoms with van der Waals surface area (Å²) in [5.41, 5.74) is 9.68. The molecule has 0 aliphatic heterocycles. The van der Waals surface area contributed by atoms with Gasteiger partial charge in [-0.25, -0.2) is 4.39 Å². The molecule has 4 rings (SSSR count). The van der Waals surface area contributed by atoms with Gasteiger partial charge in [0.1, 0.15) is 17.3 Å². The van der Waals surface area contributed by atoms with Crippen LogP contribution in [-0.4, -0.2) is 25.9 Å². The molecule has 1 saturated carbocycles. The van der Waals surface area contributed by atoms with E-state index in [0.717, 1.165) is 65.9 Å². The zero-order valence-electron chi connectivity index (χ0n) is 19.4. The standard InChI is InChI=1S/C28H31ClFNO3/c1-32-28-16-22(29)7-5-21(28)18-33-24-9-11-25(12-10-24)34-26-8-6-19(13-14-31)27(17-26)20-3-2-4-23(30)15-20/h2-8,15-17,24-25H,9-14,18,31H2,1H3. The molecule has 0 atom stereocenters. The Balaban J connectivity index is 1.35. The molecule has 0 unspecified atom stereocenters. The molecule has 1 aliphatic rings. The minimum Gasteiger partial charge on any atom is -0.496 e. The van der Waals surface area contributed by atoms with E-state index in [9.17, 15) is 4.39 Å². The molecule has 34 heavy (non-hydrogen) atoms. The van der Waals surface area contributed by atoms with Crippen LogP contribution in [0.15, 0.2) is 60.7 Å². The predicted molar refractivity (Wildman–Crippen MR) is 134 cm³/mol. The van der Waals surface area contributed by atoms with Crippen LogP contribution in [-0.2, 0) is 17.8 Å². The van der Waals surface area contributed by atoms with Gasteiger partial charge < -0.3 is 19.9 Å². The molecule has 0 radical (unpaired) electrons. The summed E-state index contributed by atoms with van der Waals surface area (Å²) in [4.78, 5) is 0. The summed E-state index contributed by atoms with van der Waals surface area (Å²) < 4.78 is 31.7. The average molecular weight is 484 g/mol. The fraction of sp³-hybridized carbons (Fsp3) is 0.357. The van der Waals surface area contributed by atoms with Gasteiger partial charge in [0, 0.05) is 10.6 Å². The van der Waals surface area contributed by atoms with E-state index >= 15 is 0 Å². The molecule has 3 aromatic rings. The number of halogens is 2. The van der Waals surface area contributed by atoms with Crippen LogP contribution < -0.4 is 15.2 Å². The maximum absolute atomic E-state index is 13.8. The van der Waals surface area contributed by atoms with Gasteiger partial charge in [-0.2, -0.15) is 0 Å². The minimum atomic E-state index is -0.253. The Morgan fingerprint density at radius 2 is 1.71 bits per heavy atom. The lowest BCUT2D eigenvalue weighted by atomic mass is 9.94. The van der Waals surface area contributed by atoms with E-state index in [1.54, 1.807) is 19.2 Å². The van der Waals surface area contributed by atoms with Crippen molar-refractivity contribution in [2.45, 2.75) is 50.9 Å². The highest BCUT2D eigenvalue weighted by molar-refractivity contribution is 6.30. The summed E-state index contributed by atoms with van der Waals surface area (Å²) in [6, 6.07) is 18.3. The van der Waals surface area contributed by atoms with Gasteiger partial charge in [-0.05, 0) is 91.7 Å². The molecule has 2 N–H and O–H groups in total. The Bertz CT molecular complexity index is 1100. The molecule has 3 aromatic carbocycles. The number of benzene rings is 3. The first-order chi connectivity index (χ1) is 16.6. The van der Waals surface area contributed by atoms with Crippen molar-refractivity contribution in [3.05, 3.63) is 82.6 Å². The molecular formula is C28H31ClFNO3. The van der Waals surface area contributed by atoms with Crippen molar-refractivity contribution in [2.75, 3.05) is 13.7 Å². The molecule has 6 heteroatoms. The van der Waals surface area contributed by atoms with Crippen molar-refractivity contribution in [3.8, 4) is 22.6 Å². The van der Waals surface area contributed by atoms with Crippen LogP contribution in [0.3, 0.4) is 0 Å². The average Bonchev–Trinajstić information content (AvgIpc) is 2.85. The Labute approximate surface area is 205 Å². The summed E-state index contributed by atoms with van der Waals surface area (Å²) in [5, 5.41) is 0.648. The molecule has 0 amide bonds. The Kier molecular flexibility index (Phi) is 8.44. The van der Waals surface area contributed by atoms with E-state index in [1.807, 2.05) is 42.5 Å². The zero-order valence-corrected chi connectivity index (χ0v) is 20.2. The summed E-state index contributed by atoms with van der Waals surface area (Å²) in [7, 11) is 1.64. The van der Waals surface area contributed by atoms with Crippen LogP contribution in [0.1, 0.15) is 36.8 Å². The SMILES string of the molecule is COc1cc(Cl)ccc1COC1CCC(Oc2ccc(CCN)c(-c3cccc(F)c3)c2)CC1. The summed E-state index contributed by atoms with van der Waals surface area (Å²) >= 11 is 6.05. The maximum Gasteiger partial charge on any atom is 0.125 e. The quantitative estimate of drug-likeness (QED) is 0.374. The van der Waals surface area contributed by atoms with E-state index < -0.39 is 0 Å². The number of hydrogen-bond donors (Lipinski definition) is 1. The summed E-state index contributed by atoms with van der Waals surface area (Å²) in [6.07, 6.45) is 4.75. The van der Waals surface area contributed by atoms with Gasteiger partial charge in [0.2, 0.25) is 0 Å². The second-order valence-corrected chi connectivity index (χ2v) is 9.09. The van der Waals surface area contributed by atoms with Crippen LogP contribution in [0.2, 0.25) is 5.02 Å². The van der Waals surface area contributed by atoms with Crippen molar-refractivity contribution in [1.29, 1.82) is 0 Å². The first-order valence-electron chi connectivity index (χ1n) is 11.8. The first kappa shape index (κ1) is 24.5. The summed E-state index contributed by atoms with van der Waals surface area (Å²) in [5.74, 6) is 1.30. The zero-order chi connectivity index (χ0) is 23.9. The molecule has 0 spiro atoms. The number of rotatable bonds is 9. The molecule has 1 aliphatic carbocycles. The predicted octanol–water partition coefficient (Wildman–Crippen LogP) is 6.56. The lowest BCUT2D eigenvalue weighted by Crippen LogP contribution is -2.28. The topological polar surface area (TPSA) is 53.7 Å². The second kappa shape index (κ2) is 11.7. The minimum absolute atomic E-state index is 0.130. The Morgan fingerprint density at radius 3 is 2.44 bits per heavy atom. The van der Waals surface area contributed by atoms with Crippen molar-refractivity contribution >= 4 is 11.6 Å². The monoisotopic (exact) mass is 483 g/mol. The number of hydrogen-bond acceptors (Lipinski definition) is 4. The van der Waals surface area contributed by atoms with E-state index in [-0.39, 0.29) is 18.0 Å². The van der Waals surface area contributed by atoms with Gasteiger partial charge in [-0.3, -0.25) is 0 Å². The molecule has 1 fully saturated rings. The van der Waals surface area contributed by atoms with Crippen LogP contribution in [0.25, 0.3) is 11.1 Å². The van der Waals surface area contributed by atoms with Crippen molar-refractivity contribution in [3.63, 3.8) is 0 Å². The van der Waals surface area contributed by atoms with Gasteiger partial charge in [0.15, 0.2) is 0 Å². The highest BCUT2D eigenvalue weighted by atomic mass is 35.5. The van der Waals surface area contributed by atoms with Crippen molar-refractivity contribution in [2.24, 2.45) is 5.73 Å². The lowest BCUT2D eigenvalue weighted by molar-refractivity contribution is -0.00720. The van der Waals surface area contributed by atoms with Crippen molar-refractivity contribution in [1.82, 2.24) is 0 Å². The normalized spacial score (nSPS) is 18.0. The number of ether oxygens (including phenoxy) is 3. The van der Waals surface area contributed by atoms with E-state index in [0.29, 0.717) is 18.2 Å². The fourth-order valence-electron chi connectivity index (χ4n) is 4.48. The van der Waals surface area contributed by atoms with Gasteiger partial charge in [0.05, 0.1) is 25.9 Å². The van der Waals surface area contributed by atoms with Crippen molar-refractivity contribution < 1.29 is 18.6 Å². The molecular weight excluding hydrogens is 453 g/mol. The Morgan fingerprint density at radius 1 is 0.941 bits per heavy atom. The fourth-order valence-corrected chi connectivity index (χ4v) is 4.64. The molecule has 4 nitrogen and oxygen atoms in total. The first-order valence-corrected chi connectivity index (χ1v) is 12.1. The third kappa shape index (κ3) is 6.29. The van der Waals surface area contributed by atoms with Gasteiger partial charge in [0.25, 0.3) is 0 Å². The highest BCUT2D eigenvalue weighted by Gasteiger charge is 2.23. The number of nitrogens with two attached hydrogens (primary N) is 1. The third-order valence-electron chi connectivity index (χ3n) is 6.28. The van der Waals surface area contributed by atoms with Gasteiger partial charge in [-0.1, -0.05) is 35.9 Å². The van der Waals surface area contributed by atoms with Crippen LogP contribution in [0.4, 0.5) is 4.39 Å². The second-order valence-electron chi connectivity index (χ2n) is 8.65. The van der Waals surface area contributed by atoms with Crippen LogP contribution in [0, 0.1) is 5.82 Å². The van der Waals surface area contributed by atoms with Crippen LogP contribution in [0.5, 0.6) is 11.5 Å². The Hall–Kier alpha value is -2.60. The lowest BCUT2D eigenvalue weighted by Gasteiger charge is -2.29. The third-order valence-corrected chi connectivity index (χ3v) is 6.51. The summed E-state index contributed by atoms with van der Waals surface area (Å²) in [6.45, 7) is 1.03. The van der Waals surface area contributed by atoms with E-state index in [1.165, 1.54) is 6.07 Å². The molecule has 180 valence electrons. The molecule has 0 bridgehead atoms. The molecule has 0 heterocycles. The molecule has 0 saturated heterocycles. The smallest absolute Gasteiger partial charge is 0.125 e.